The zero-order chi connectivity index (χ0) is 11.5. The smallest absolute Gasteiger partial charge is 0.175 e. The molecular formula is C12H16BrNO2. The molecule has 0 aliphatic heterocycles. The summed E-state index contributed by atoms with van der Waals surface area (Å²) in [6.07, 6.45) is 2.56. The van der Waals surface area contributed by atoms with Crippen molar-refractivity contribution in [3.05, 3.63) is 22.2 Å². The van der Waals surface area contributed by atoms with Gasteiger partial charge in [-0.1, -0.05) is 0 Å². The molecule has 1 saturated carbocycles. The van der Waals surface area contributed by atoms with Crippen LogP contribution in [0.4, 0.5) is 0 Å². The Bertz CT molecular complexity index is 378. The number of hydrogen-bond acceptors (Lipinski definition) is 3. The van der Waals surface area contributed by atoms with Gasteiger partial charge in [-0.3, -0.25) is 0 Å². The minimum atomic E-state index is 0.498. The van der Waals surface area contributed by atoms with Crippen LogP contribution in [0.15, 0.2) is 16.6 Å². The maximum absolute atomic E-state index is 5.77. The summed E-state index contributed by atoms with van der Waals surface area (Å²) in [5, 5.41) is 0. The number of halogens is 1. The molecule has 2 rings (SSSR count). The van der Waals surface area contributed by atoms with Crippen LogP contribution in [-0.2, 0) is 6.54 Å². The van der Waals surface area contributed by atoms with Gasteiger partial charge >= 0.3 is 0 Å². The maximum Gasteiger partial charge on any atom is 0.175 e. The van der Waals surface area contributed by atoms with Crippen LogP contribution in [0.2, 0.25) is 0 Å². The molecule has 0 radical (unpaired) electrons. The Kier molecular flexibility index (Phi) is 3.71. The van der Waals surface area contributed by atoms with Crippen LogP contribution in [0.1, 0.15) is 18.4 Å². The lowest BCUT2D eigenvalue weighted by Gasteiger charge is -2.13. The molecule has 1 aromatic carbocycles. The van der Waals surface area contributed by atoms with Crippen LogP contribution in [0.5, 0.6) is 11.5 Å². The Labute approximate surface area is 104 Å². The van der Waals surface area contributed by atoms with Gasteiger partial charge in [-0.05, 0) is 52.4 Å². The van der Waals surface area contributed by atoms with Crippen molar-refractivity contribution in [3.63, 3.8) is 0 Å². The second kappa shape index (κ2) is 5.06. The second-order valence-corrected chi connectivity index (χ2v) is 4.92. The molecular weight excluding hydrogens is 270 g/mol. The summed E-state index contributed by atoms with van der Waals surface area (Å²) in [7, 11) is 1.64. The minimum Gasteiger partial charge on any atom is -0.493 e. The molecule has 0 spiro atoms. The zero-order valence-electron chi connectivity index (χ0n) is 9.33. The SMILES string of the molecule is COc1cc(CN)cc(Br)c1OCC1CC1. The van der Waals surface area contributed by atoms with Crippen LogP contribution >= 0.6 is 15.9 Å². The van der Waals surface area contributed by atoms with Crippen molar-refractivity contribution in [3.8, 4) is 11.5 Å². The maximum atomic E-state index is 5.77. The van der Waals surface area contributed by atoms with E-state index in [1.165, 1.54) is 12.8 Å². The first-order chi connectivity index (χ1) is 7.74. The molecule has 0 atom stereocenters. The van der Waals surface area contributed by atoms with Gasteiger partial charge in [0.2, 0.25) is 0 Å². The van der Waals surface area contributed by atoms with Gasteiger partial charge in [0.15, 0.2) is 11.5 Å². The number of benzene rings is 1. The van der Waals surface area contributed by atoms with E-state index >= 15 is 0 Å². The van der Waals surface area contributed by atoms with Crippen molar-refractivity contribution in [1.82, 2.24) is 0 Å². The molecule has 3 nitrogen and oxygen atoms in total. The van der Waals surface area contributed by atoms with Crippen molar-refractivity contribution in [2.45, 2.75) is 19.4 Å². The molecule has 0 unspecified atom stereocenters. The van der Waals surface area contributed by atoms with Gasteiger partial charge < -0.3 is 15.2 Å². The Morgan fingerprint density at radius 1 is 1.44 bits per heavy atom. The molecule has 0 amide bonds. The van der Waals surface area contributed by atoms with Gasteiger partial charge in [0.25, 0.3) is 0 Å². The molecule has 88 valence electrons. The van der Waals surface area contributed by atoms with Crippen LogP contribution in [-0.4, -0.2) is 13.7 Å². The highest BCUT2D eigenvalue weighted by Gasteiger charge is 2.23. The quantitative estimate of drug-likeness (QED) is 0.905. The third kappa shape index (κ3) is 2.68. The van der Waals surface area contributed by atoms with E-state index in [1.807, 2.05) is 12.1 Å². The number of ether oxygens (including phenoxy) is 2. The van der Waals surface area contributed by atoms with E-state index < -0.39 is 0 Å². The molecule has 4 heteroatoms. The molecule has 1 aliphatic rings. The van der Waals surface area contributed by atoms with Crippen LogP contribution in [0, 0.1) is 5.92 Å². The lowest BCUT2D eigenvalue weighted by molar-refractivity contribution is 0.278. The Hall–Kier alpha value is -0.740. The van der Waals surface area contributed by atoms with E-state index in [0.717, 1.165) is 34.1 Å². The monoisotopic (exact) mass is 285 g/mol. The molecule has 2 N–H and O–H groups in total. The van der Waals surface area contributed by atoms with Gasteiger partial charge in [-0.15, -0.1) is 0 Å². The van der Waals surface area contributed by atoms with Crippen LogP contribution in [0.25, 0.3) is 0 Å². The normalized spacial score (nSPS) is 14.9. The Morgan fingerprint density at radius 2 is 2.19 bits per heavy atom. The lowest BCUT2D eigenvalue weighted by atomic mass is 10.2. The highest BCUT2D eigenvalue weighted by atomic mass is 79.9. The summed E-state index contributed by atoms with van der Waals surface area (Å²) in [6, 6.07) is 3.90. The lowest BCUT2D eigenvalue weighted by Crippen LogP contribution is -2.03. The first-order valence-electron chi connectivity index (χ1n) is 5.44. The summed E-state index contributed by atoms with van der Waals surface area (Å²) in [5.41, 5.74) is 6.64. The highest BCUT2D eigenvalue weighted by Crippen LogP contribution is 2.38. The first kappa shape index (κ1) is 11.7. The van der Waals surface area contributed by atoms with E-state index in [-0.39, 0.29) is 0 Å². The van der Waals surface area contributed by atoms with Crippen LogP contribution < -0.4 is 15.2 Å². The topological polar surface area (TPSA) is 44.5 Å². The van der Waals surface area contributed by atoms with E-state index in [1.54, 1.807) is 7.11 Å². The van der Waals surface area contributed by atoms with Crippen LogP contribution in [0.3, 0.4) is 0 Å². The average Bonchev–Trinajstić information content (AvgIpc) is 3.10. The molecule has 0 saturated heterocycles. The van der Waals surface area contributed by atoms with Crippen molar-refractivity contribution in [2.24, 2.45) is 11.7 Å². The number of methoxy groups -OCH3 is 1. The molecule has 1 fully saturated rings. The van der Waals surface area contributed by atoms with Gasteiger partial charge in [0.1, 0.15) is 0 Å². The zero-order valence-corrected chi connectivity index (χ0v) is 10.9. The molecule has 16 heavy (non-hydrogen) atoms. The third-order valence-electron chi connectivity index (χ3n) is 2.69. The number of nitrogens with two attached hydrogens (primary N) is 1. The predicted molar refractivity (Wildman–Crippen MR) is 66.8 cm³/mol. The van der Waals surface area contributed by atoms with E-state index in [0.29, 0.717) is 6.54 Å². The first-order valence-corrected chi connectivity index (χ1v) is 6.23. The molecule has 0 aromatic heterocycles. The van der Waals surface area contributed by atoms with Crippen molar-refractivity contribution < 1.29 is 9.47 Å². The number of hydrogen-bond donors (Lipinski definition) is 1. The van der Waals surface area contributed by atoms with Gasteiger partial charge in [-0.25, -0.2) is 0 Å². The Balaban J connectivity index is 2.18. The number of rotatable bonds is 5. The third-order valence-corrected chi connectivity index (χ3v) is 3.27. The minimum absolute atomic E-state index is 0.498. The van der Waals surface area contributed by atoms with Gasteiger partial charge in [0.05, 0.1) is 18.2 Å². The highest BCUT2D eigenvalue weighted by molar-refractivity contribution is 9.10. The Morgan fingerprint density at radius 3 is 2.75 bits per heavy atom. The molecule has 0 bridgehead atoms. The fraction of sp³-hybridized carbons (Fsp3) is 0.500. The van der Waals surface area contributed by atoms with Crippen molar-refractivity contribution >= 4 is 15.9 Å². The molecule has 1 aliphatic carbocycles. The molecule has 1 aromatic rings. The average molecular weight is 286 g/mol. The fourth-order valence-corrected chi connectivity index (χ4v) is 2.12. The van der Waals surface area contributed by atoms with Gasteiger partial charge in [-0.2, -0.15) is 0 Å². The molecule has 0 heterocycles. The van der Waals surface area contributed by atoms with E-state index in [9.17, 15) is 0 Å². The van der Waals surface area contributed by atoms with Gasteiger partial charge in [0, 0.05) is 6.54 Å². The summed E-state index contributed by atoms with van der Waals surface area (Å²) in [6.45, 7) is 1.27. The van der Waals surface area contributed by atoms with E-state index in [2.05, 4.69) is 15.9 Å². The van der Waals surface area contributed by atoms with Crippen molar-refractivity contribution in [2.75, 3.05) is 13.7 Å². The summed E-state index contributed by atoms with van der Waals surface area (Å²) < 4.78 is 12.0. The predicted octanol–water partition coefficient (Wildman–Crippen LogP) is 2.71. The fourth-order valence-electron chi connectivity index (χ4n) is 1.52. The summed E-state index contributed by atoms with van der Waals surface area (Å²) in [4.78, 5) is 0. The largest absolute Gasteiger partial charge is 0.493 e. The van der Waals surface area contributed by atoms with E-state index in [4.69, 9.17) is 15.2 Å². The summed E-state index contributed by atoms with van der Waals surface area (Å²) in [5.74, 6) is 2.26. The van der Waals surface area contributed by atoms with Crippen molar-refractivity contribution in [1.29, 1.82) is 0 Å². The second-order valence-electron chi connectivity index (χ2n) is 4.07. The summed E-state index contributed by atoms with van der Waals surface area (Å²) >= 11 is 3.49. The standard InChI is InChI=1S/C12H16BrNO2/c1-15-11-5-9(6-14)4-10(13)12(11)16-7-8-2-3-8/h4-5,8H,2-3,6-7,14H2,1H3.